The number of aromatic amines is 1. The molecule has 0 spiro atoms. The van der Waals surface area contributed by atoms with Crippen molar-refractivity contribution in [3.63, 3.8) is 0 Å². The predicted octanol–water partition coefficient (Wildman–Crippen LogP) is 2.21. The van der Waals surface area contributed by atoms with Gasteiger partial charge < -0.3 is 10.1 Å². The molecule has 0 aliphatic carbocycles. The fourth-order valence-electron chi connectivity index (χ4n) is 2.72. The molecule has 27 heavy (non-hydrogen) atoms. The first-order valence-electron chi connectivity index (χ1n) is 8.18. The summed E-state index contributed by atoms with van der Waals surface area (Å²) < 4.78 is 5.17. The van der Waals surface area contributed by atoms with E-state index in [4.69, 9.17) is 4.74 Å². The summed E-state index contributed by atoms with van der Waals surface area (Å²) in [5.74, 6) is 0.831. The molecule has 1 aliphatic heterocycles. The number of carbonyl (C=O) groups excluding carboxylic acids is 1. The number of aromatic nitrogens is 1. The van der Waals surface area contributed by atoms with Gasteiger partial charge in [0.25, 0.3) is 5.91 Å². The average Bonchev–Trinajstić information content (AvgIpc) is 3.01. The van der Waals surface area contributed by atoms with E-state index in [9.17, 15) is 9.59 Å². The van der Waals surface area contributed by atoms with Crippen molar-refractivity contribution >= 4 is 40.9 Å². The average molecular weight is 377 g/mol. The number of ether oxygens (including phenoxy) is 1. The van der Waals surface area contributed by atoms with Gasteiger partial charge in [0.2, 0.25) is 0 Å². The monoisotopic (exact) mass is 377 g/mol. The largest absolute Gasteiger partial charge is 0.497 e. The quantitative estimate of drug-likeness (QED) is 0.683. The van der Waals surface area contributed by atoms with Crippen LogP contribution in [0.25, 0.3) is 12.2 Å². The number of fused-ring (bicyclic) bond motifs is 1. The van der Waals surface area contributed by atoms with Gasteiger partial charge in [-0.1, -0.05) is 29.5 Å². The molecule has 2 heterocycles. The van der Waals surface area contributed by atoms with Gasteiger partial charge in [0.1, 0.15) is 11.6 Å². The first-order valence-corrected chi connectivity index (χ1v) is 9.00. The lowest BCUT2D eigenvalue weighted by Gasteiger charge is -2.07. The molecule has 0 bridgehead atoms. The highest BCUT2D eigenvalue weighted by atomic mass is 32.1. The van der Waals surface area contributed by atoms with Crippen LogP contribution >= 0.6 is 11.3 Å². The van der Waals surface area contributed by atoms with Crippen LogP contribution in [0.1, 0.15) is 4.88 Å². The summed E-state index contributed by atoms with van der Waals surface area (Å²) in [5, 5.41) is 4.56. The molecule has 3 aromatic rings. The van der Waals surface area contributed by atoms with E-state index in [1.54, 1.807) is 25.3 Å². The van der Waals surface area contributed by atoms with Gasteiger partial charge in [-0.05, 0) is 36.4 Å². The van der Waals surface area contributed by atoms with Gasteiger partial charge in [0.15, 0.2) is 0 Å². The fraction of sp³-hybridized carbons (Fsp3) is 0.0500. The van der Waals surface area contributed by atoms with E-state index < -0.39 is 0 Å². The van der Waals surface area contributed by atoms with Crippen LogP contribution in [0.3, 0.4) is 0 Å². The summed E-state index contributed by atoms with van der Waals surface area (Å²) in [5.41, 5.74) is 1.26. The Labute approximate surface area is 158 Å². The van der Waals surface area contributed by atoms with Crippen molar-refractivity contribution in [3.05, 3.63) is 79.2 Å². The van der Waals surface area contributed by atoms with Gasteiger partial charge >= 0.3 is 4.87 Å². The van der Waals surface area contributed by atoms with Crippen LogP contribution < -0.4 is 25.5 Å². The zero-order valence-electron chi connectivity index (χ0n) is 14.4. The van der Waals surface area contributed by atoms with E-state index in [0.717, 1.165) is 22.2 Å². The Kier molecular flexibility index (Phi) is 4.43. The minimum atomic E-state index is -0.359. The summed E-state index contributed by atoms with van der Waals surface area (Å²) >= 11 is 1.03. The summed E-state index contributed by atoms with van der Waals surface area (Å²) in [6.07, 6.45) is 3.44. The molecule has 6 nitrogen and oxygen atoms in total. The molecule has 0 atom stereocenters. The first kappa shape index (κ1) is 17.0. The smallest absolute Gasteiger partial charge is 0.306 e. The fourth-order valence-corrected chi connectivity index (χ4v) is 3.46. The number of hydrogen-bond donors (Lipinski definition) is 2. The van der Waals surface area contributed by atoms with E-state index >= 15 is 0 Å². The molecule has 0 fully saturated rings. The van der Waals surface area contributed by atoms with E-state index in [-0.39, 0.29) is 10.8 Å². The van der Waals surface area contributed by atoms with Crippen molar-refractivity contribution in [2.45, 2.75) is 0 Å². The lowest BCUT2D eigenvalue weighted by Crippen LogP contribution is -2.30. The molecule has 2 N–H and O–H groups in total. The van der Waals surface area contributed by atoms with Crippen LogP contribution in [0.15, 0.2) is 63.9 Å². The van der Waals surface area contributed by atoms with Gasteiger partial charge in [-0.2, -0.15) is 0 Å². The third-order valence-corrected chi connectivity index (χ3v) is 4.85. The third kappa shape index (κ3) is 3.58. The van der Waals surface area contributed by atoms with Gasteiger partial charge in [-0.15, -0.1) is 0 Å². The number of benzene rings is 2. The zero-order chi connectivity index (χ0) is 18.8. The Balaban J connectivity index is 1.74. The molecule has 7 heteroatoms. The van der Waals surface area contributed by atoms with Crippen molar-refractivity contribution in [3.8, 4) is 5.75 Å². The number of nitrogens with zero attached hydrogens (tertiary/aromatic N) is 1. The Morgan fingerprint density at radius 3 is 2.74 bits per heavy atom. The number of anilines is 2. The minimum Gasteiger partial charge on any atom is -0.497 e. The topological polar surface area (TPSA) is 83.5 Å². The van der Waals surface area contributed by atoms with Gasteiger partial charge in [-0.25, -0.2) is 4.99 Å². The molecular formula is C20H15N3O3S. The van der Waals surface area contributed by atoms with E-state index in [0.29, 0.717) is 27.4 Å². The van der Waals surface area contributed by atoms with E-state index in [1.165, 1.54) is 0 Å². The Morgan fingerprint density at radius 2 is 1.96 bits per heavy atom. The summed E-state index contributed by atoms with van der Waals surface area (Å²) in [7, 11) is 1.57. The molecule has 0 saturated carbocycles. The lowest BCUT2D eigenvalue weighted by atomic mass is 10.1. The molecular weight excluding hydrogens is 362 g/mol. The summed E-state index contributed by atoms with van der Waals surface area (Å²) in [6.45, 7) is 0. The van der Waals surface area contributed by atoms with Crippen molar-refractivity contribution in [1.29, 1.82) is 0 Å². The Morgan fingerprint density at radius 1 is 1.15 bits per heavy atom. The molecule has 1 amide bonds. The zero-order valence-corrected chi connectivity index (χ0v) is 15.2. The number of hydrogen-bond acceptors (Lipinski definition) is 5. The molecule has 0 saturated heterocycles. The van der Waals surface area contributed by atoms with Crippen molar-refractivity contribution in [2.24, 2.45) is 4.99 Å². The van der Waals surface area contributed by atoms with Crippen molar-refractivity contribution in [1.82, 2.24) is 4.98 Å². The second kappa shape index (κ2) is 7.05. The van der Waals surface area contributed by atoms with E-state index in [2.05, 4.69) is 15.3 Å². The second-order valence-electron chi connectivity index (χ2n) is 5.83. The first-order chi connectivity index (χ1) is 13.1. The summed E-state index contributed by atoms with van der Waals surface area (Å²) in [4.78, 5) is 31.6. The van der Waals surface area contributed by atoms with Crippen LogP contribution in [0.5, 0.6) is 5.75 Å². The van der Waals surface area contributed by atoms with Crippen molar-refractivity contribution < 1.29 is 9.53 Å². The number of rotatable bonds is 4. The molecule has 134 valence electrons. The maximum absolute atomic E-state index is 12.4. The Bertz CT molecular complexity index is 1220. The van der Waals surface area contributed by atoms with Crippen LogP contribution in [-0.4, -0.2) is 18.0 Å². The van der Waals surface area contributed by atoms with Crippen LogP contribution in [0, 0.1) is 0 Å². The molecule has 0 radical (unpaired) electrons. The third-order valence-electron chi connectivity index (χ3n) is 4.02. The van der Waals surface area contributed by atoms with E-state index in [1.807, 2.05) is 42.5 Å². The SMILES string of the molecule is COc1ccc2c(c1)=NC(=O)/C(=C\c1sc(=O)[nH]c1Nc1ccccc1)C=2. The maximum atomic E-state index is 12.4. The van der Waals surface area contributed by atoms with Gasteiger partial charge in [-0.3, -0.25) is 14.6 Å². The number of thiazole rings is 1. The number of amides is 1. The van der Waals surface area contributed by atoms with Crippen LogP contribution in [0.4, 0.5) is 11.5 Å². The summed E-state index contributed by atoms with van der Waals surface area (Å²) in [6, 6.07) is 14.9. The molecule has 4 rings (SSSR count). The normalized spacial score (nSPS) is 14.3. The molecule has 1 aliphatic rings. The van der Waals surface area contributed by atoms with Crippen LogP contribution in [0.2, 0.25) is 0 Å². The number of methoxy groups -OCH3 is 1. The number of carbonyl (C=O) groups is 1. The highest BCUT2D eigenvalue weighted by molar-refractivity contribution is 7.10. The maximum Gasteiger partial charge on any atom is 0.306 e. The lowest BCUT2D eigenvalue weighted by molar-refractivity contribution is -0.114. The number of para-hydroxylation sites is 1. The van der Waals surface area contributed by atoms with Gasteiger partial charge in [0.05, 0.1) is 17.3 Å². The standard InChI is InChI=1S/C20H15N3O3S/c1-26-15-8-7-12-9-13(19(24)22-16(12)11-15)10-17-18(23-20(25)27-17)21-14-5-3-2-4-6-14/h2-11,21H,1H3,(H,23,25)/b13-10-. The molecule has 2 aromatic carbocycles. The number of nitrogens with one attached hydrogen (secondary N) is 2. The highest BCUT2D eigenvalue weighted by Crippen LogP contribution is 2.24. The molecule has 0 unspecified atom stereocenters. The van der Waals surface area contributed by atoms with Crippen molar-refractivity contribution in [2.75, 3.05) is 12.4 Å². The predicted molar refractivity (Wildman–Crippen MR) is 106 cm³/mol. The number of H-pyrrole nitrogens is 1. The Hall–Kier alpha value is -3.45. The molecule has 1 aromatic heterocycles. The minimum absolute atomic E-state index is 0.203. The highest BCUT2D eigenvalue weighted by Gasteiger charge is 2.14. The second-order valence-corrected chi connectivity index (χ2v) is 6.85. The van der Waals surface area contributed by atoms with Crippen LogP contribution in [-0.2, 0) is 4.79 Å². The van der Waals surface area contributed by atoms with Gasteiger partial charge in [0, 0.05) is 22.5 Å².